The van der Waals surface area contributed by atoms with Crippen molar-refractivity contribution in [2.45, 2.75) is 33.7 Å². The van der Waals surface area contributed by atoms with Gasteiger partial charge in [-0.15, -0.1) is 0 Å². The average molecular weight is 377 g/mol. The number of benzene rings is 1. The van der Waals surface area contributed by atoms with Gasteiger partial charge < -0.3 is 14.8 Å². The summed E-state index contributed by atoms with van der Waals surface area (Å²) in [7, 11) is 0. The molecular formula is C21H23N5O2. The van der Waals surface area contributed by atoms with Gasteiger partial charge in [-0.3, -0.25) is 9.48 Å². The molecule has 1 amide bonds. The van der Waals surface area contributed by atoms with Crippen LogP contribution in [0.2, 0.25) is 0 Å². The van der Waals surface area contributed by atoms with E-state index in [1.807, 2.05) is 55.9 Å². The second-order valence-electron chi connectivity index (χ2n) is 7.02. The number of aryl methyl sites for hydroxylation is 3. The summed E-state index contributed by atoms with van der Waals surface area (Å²) >= 11 is 0. The Morgan fingerprint density at radius 1 is 1.25 bits per heavy atom. The Morgan fingerprint density at radius 3 is 2.86 bits per heavy atom. The molecule has 0 aliphatic heterocycles. The molecule has 0 saturated heterocycles. The van der Waals surface area contributed by atoms with E-state index in [-0.39, 0.29) is 5.91 Å². The zero-order valence-corrected chi connectivity index (χ0v) is 16.2. The molecule has 0 radical (unpaired) electrons. The summed E-state index contributed by atoms with van der Waals surface area (Å²) in [5.41, 5.74) is 5.33. The van der Waals surface area contributed by atoms with Crippen molar-refractivity contribution in [3.8, 4) is 0 Å². The van der Waals surface area contributed by atoms with Crippen LogP contribution in [-0.4, -0.2) is 32.4 Å². The highest BCUT2D eigenvalue weighted by Gasteiger charge is 2.21. The van der Waals surface area contributed by atoms with Crippen molar-refractivity contribution < 1.29 is 9.32 Å². The Balaban J connectivity index is 1.44. The highest BCUT2D eigenvalue weighted by Crippen LogP contribution is 2.19. The van der Waals surface area contributed by atoms with Gasteiger partial charge in [0.25, 0.3) is 5.91 Å². The van der Waals surface area contributed by atoms with Crippen molar-refractivity contribution in [1.29, 1.82) is 0 Å². The van der Waals surface area contributed by atoms with E-state index in [0.717, 1.165) is 28.9 Å². The summed E-state index contributed by atoms with van der Waals surface area (Å²) in [6.07, 6.45) is 2.73. The SMILES string of the molecule is Cc1cc(C)n(Cc2c(C(=O)NCCc3c[nH]c4ccccc34)noc2C)n1. The molecule has 1 aromatic carbocycles. The van der Waals surface area contributed by atoms with Crippen LogP contribution in [0.15, 0.2) is 41.1 Å². The monoisotopic (exact) mass is 377 g/mol. The Morgan fingerprint density at radius 2 is 2.07 bits per heavy atom. The maximum atomic E-state index is 12.7. The lowest BCUT2D eigenvalue weighted by Gasteiger charge is -2.07. The number of fused-ring (bicyclic) bond motifs is 1. The first-order chi connectivity index (χ1) is 13.5. The lowest BCUT2D eigenvalue weighted by atomic mass is 10.1. The van der Waals surface area contributed by atoms with Crippen molar-refractivity contribution in [3.05, 3.63) is 70.5 Å². The lowest BCUT2D eigenvalue weighted by molar-refractivity contribution is 0.0944. The van der Waals surface area contributed by atoms with Crippen molar-refractivity contribution >= 4 is 16.8 Å². The molecule has 0 fully saturated rings. The summed E-state index contributed by atoms with van der Waals surface area (Å²) in [4.78, 5) is 15.9. The molecule has 144 valence electrons. The third-order valence-electron chi connectivity index (χ3n) is 4.97. The van der Waals surface area contributed by atoms with E-state index in [1.165, 1.54) is 10.9 Å². The van der Waals surface area contributed by atoms with E-state index in [9.17, 15) is 4.79 Å². The van der Waals surface area contributed by atoms with Crippen LogP contribution in [0.3, 0.4) is 0 Å². The zero-order valence-electron chi connectivity index (χ0n) is 16.2. The molecule has 28 heavy (non-hydrogen) atoms. The number of hydrogen-bond acceptors (Lipinski definition) is 4. The molecule has 4 rings (SSSR count). The lowest BCUT2D eigenvalue weighted by Crippen LogP contribution is -2.27. The van der Waals surface area contributed by atoms with E-state index in [2.05, 4.69) is 26.6 Å². The van der Waals surface area contributed by atoms with Gasteiger partial charge in [-0.25, -0.2) is 0 Å². The molecule has 0 atom stereocenters. The van der Waals surface area contributed by atoms with Crippen LogP contribution in [0.1, 0.15) is 38.8 Å². The standard InChI is InChI=1S/C21H23N5O2/c1-13-10-14(2)26(24-13)12-18-15(3)28-25-20(18)21(27)22-9-8-16-11-23-19-7-5-4-6-17(16)19/h4-7,10-11,23H,8-9,12H2,1-3H3,(H,22,27). The predicted molar refractivity (Wildman–Crippen MR) is 106 cm³/mol. The van der Waals surface area contributed by atoms with Crippen LogP contribution in [0.25, 0.3) is 10.9 Å². The fraction of sp³-hybridized carbons (Fsp3) is 0.286. The normalized spacial score (nSPS) is 11.2. The third kappa shape index (κ3) is 3.43. The maximum Gasteiger partial charge on any atom is 0.273 e. The van der Waals surface area contributed by atoms with Crippen molar-refractivity contribution in [3.63, 3.8) is 0 Å². The molecule has 7 heteroatoms. The van der Waals surface area contributed by atoms with Gasteiger partial charge in [0.15, 0.2) is 5.69 Å². The average Bonchev–Trinajstić information content (AvgIpc) is 3.34. The summed E-state index contributed by atoms with van der Waals surface area (Å²) in [6, 6.07) is 10.1. The van der Waals surface area contributed by atoms with Gasteiger partial charge in [-0.05, 0) is 44.9 Å². The quantitative estimate of drug-likeness (QED) is 0.540. The van der Waals surface area contributed by atoms with Crippen LogP contribution in [0.4, 0.5) is 0 Å². The zero-order chi connectivity index (χ0) is 19.7. The highest BCUT2D eigenvalue weighted by molar-refractivity contribution is 5.93. The van der Waals surface area contributed by atoms with Crippen LogP contribution >= 0.6 is 0 Å². The van der Waals surface area contributed by atoms with Crippen LogP contribution in [-0.2, 0) is 13.0 Å². The largest absolute Gasteiger partial charge is 0.361 e. The number of hydrogen-bond donors (Lipinski definition) is 2. The second kappa shape index (κ2) is 7.34. The number of carbonyl (C=O) groups excluding carboxylic acids is 1. The maximum absolute atomic E-state index is 12.7. The van der Waals surface area contributed by atoms with Crippen LogP contribution < -0.4 is 5.32 Å². The Labute approximate surface area is 162 Å². The molecule has 0 spiro atoms. The van der Waals surface area contributed by atoms with E-state index in [0.29, 0.717) is 24.5 Å². The fourth-order valence-electron chi connectivity index (χ4n) is 3.47. The van der Waals surface area contributed by atoms with E-state index in [1.54, 1.807) is 0 Å². The smallest absolute Gasteiger partial charge is 0.273 e. The Hall–Kier alpha value is -3.35. The van der Waals surface area contributed by atoms with Gasteiger partial charge in [0.1, 0.15) is 5.76 Å². The van der Waals surface area contributed by atoms with Gasteiger partial charge in [-0.1, -0.05) is 23.4 Å². The second-order valence-corrected chi connectivity index (χ2v) is 7.02. The van der Waals surface area contributed by atoms with Crippen LogP contribution in [0.5, 0.6) is 0 Å². The van der Waals surface area contributed by atoms with Gasteiger partial charge in [0, 0.05) is 34.9 Å². The van der Waals surface area contributed by atoms with E-state index >= 15 is 0 Å². The third-order valence-corrected chi connectivity index (χ3v) is 4.97. The van der Waals surface area contributed by atoms with Crippen molar-refractivity contribution in [2.75, 3.05) is 6.54 Å². The topological polar surface area (TPSA) is 88.7 Å². The first kappa shape index (κ1) is 18.0. The van der Waals surface area contributed by atoms with Crippen LogP contribution in [0, 0.1) is 20.8 Å². The molecular weight excluding hydrogens is 354 g/mol. The molecule has 2 N–H and O–H groups in total. The molecule has 0 bridgehead atoms. The summed E-state index contributed by atoms with van der Waals surface area (Å²) in [6.45, 7) is 6.73. The highest BCUT2D eigenvalue weighted by atomic mass is 16.5. The first-order valence-corrected chi connectivity index (χ1v) is 9.32. The summed E-state index contributed by atoms with van der Waals surface area (Å²) in [5.74, 6) is 0.405. The van der Waals surface area contributed by atoms with Crippen molar-refractivity contribution in [2.24, 2.45) is 0 Å². The number of carbonyl (C=O) groups is 1. The number of aromatic nitrogens is 4. The number of nitrogens with zero attached hydrogens (tertiary/aromatic N) is 3. The summed E-state index contributed by atoms with van der Waals surface area (Å²) in [5, 5.41) is 12.6. The first-order valence-electron chi connectivity index (χ1n) is 9.32. The number of para-hydroxylation sites is 1. The van der Waals surface area contributed by atoms with Crippen molar-refractivity contribution in [1.82, 2.24) is 25.2 Å². The molecule has 3 heterocycles. The number of H-pyrrole nitrogens is 1. The molecule has 0 aliphatic rings. The Kier molecular flexibility index (Phi) is 4.73. The van der Waals surface area contributed by atoms with E-state index < -0.39 is 0 Å². The fourth-order valence-corrected chi connectivity index (χ4v) is 3.47. The molecule has 0 aliphatic carbocycles. The number of nitrogens with one attached hydrogen (secondary N) is 2. The molecule has 0 saturated carbocycles. The van der Waals surface area contributed by atoms with Gasteiger partial charge >= 0.3 is 0 Å². The molecule has 0 unspecified atom stereocenters. The van der Waals surface area contributed by atoms with Gasteiger partial charge in [0.2, 0.25) is 0 Å². The minimum atomic E-state index is -0.228. The number of aromatic amines is 1. The minimum Gasteiger partial charge on any atom is -0.361 e. The summed E-state index contributed by atoms with van der Waals surface area (Å²) < 4.78 is 7.15. The number of amides is 1. The minimum absolute atomic E-state index is 0.228. The van der Waals surface area contributed by atoms with E-state index in [4.69, 9.17) is 4.52 Å². The van der Waals surface area contributed by atoms with Gasteiger partial charge in [-0.2, -0.15) is 5.10 Å². The molecule has 4 aromatic rings. The number of rotatable bonds is 6. The predicted octanol–water partition coefficient (Wildman–Crippen LogP) is 3.30. The van der Waals surface area contributed by atoms with Gasteiger partial charge in [0.05, 0.1) is 12.2 Å². The molecule has 7 nitrogen and oxygen atoms in total. The molecule has 3 aromatic heterocycles. The Bertz CT molecular complexity index is 1140.